The number of benzene rings is 1. The van der Waals surface area contributed by atoms with Gasteiger partial charge in [0, 0.05) is 18.7 Å². The zero-order chi connectivity index (χ0) is 16.8. The largest absolute Gasteiger partial charge is 0.488 e. The lowest BCUT2D eigenvalue weighted by molar-refractivity contribution is -0.154. The van der Waals surface area contributed by atoms with E-state index >= 15 is 0 Å². The predicted octanol–water partition coefficient (Wildman–Crippen LogP) is 4.40. The van der Waals surface area contributed by atoms with Crippen LogP contribution in [0, 0.1) is 0 Å². The first-order valence-electron chi connectivity index (χ1n) is 7.80. The lowest BCUT2D eigenvalue weighted by Crippen LogP contribution is -2.24. The molecule has 0 bridgehead atoms. The summed E-state index contributed by atoms with van der Waals surface area (Å²) in [6, 6.07) is 7.85. The fraction of sp³-hybridized carbons (Fsp3) is 0.611. The maximum absolute atomic E-state index is 11.6. The number of hydrogen-bond donors (Lipinski definition) is 1. The van der Waals surface area contributed by atoms with Crippen molar-refractivity contribution in [3.8, 4) is 5.75 Å². The zero-order valence-corrected chi connectivity index (χ0v) is 14.7. The number of esters is 1. The predicted molar refractivity (Wildman–Crippen MR) is 90.4 cm³/mol. The van der Waals surface area contributed by atoms with Crippen LogP contribution in [0.25, 0.3) is 0 Å². The monoisotopic (exact) mass is 307 g/mol. The van der Waals surface area contributed by atoms with Gasteiger partial charge in [0.1, 0.15) is 17.0 Å². The van der Waals surface area contributed by atoms with E-state index < -0.39 is 5.60 Å². The molecule has 1 aromatic rings. The minimum Gasteiger partial charge on any atom is -0.488 e. The van der Waals surface area contributed by atoms with Crippen LogP contribution in [-0.2, 0) is 9.53 Å². The van der Waals surface area contributed by atoms with Gasteiger partial charge in [0.15, 0.2) is 0 Å². The summed E-state index contributed by atoms with van der Waals surface area (Å²) in [7, 11) is 0. The van der Waals surface area contributed by atoms with Crippen LogP contribution in [0.1, 0.15) is 54.4 Å². The highest BCUT2D eigenvalue weighted by molar-refractivity contribution is 5.69. The van der Waals surface area contributed by atoms with Crippen molar-refractivity contribution in [1.29, 1.82) is 0 Å². The topological polar surface area (TPSA) is 47.6 Å². The van der Waals surface area contributed by atoms with E-state index in [0.29, 0.717) is 6.42 Å². The van der Waals surface area contributed by atoms with Crippen LogP contribution in [0.2, 0.25) is 0 Å². The fourth-order valence-electron chi connectivity index (χ4n) is 1.85. The highest BCUT2D eigenvalue weighted by Gasteiger charge is 2.15. The first-order chi connectivity index (χ1) is 10.1. The number of carbonyl (C=O) groups excluding carboxylic acids is 1. The summed E-state index contributed by atoms with van der Waals surface area (Å²) in [5, 5.41) is 3.29. The van der Waals surface area contributed by atoms with Crippen molar-refractivity contribution in [2.75, 3.05) is 11.9 Å². The maximum atomic E-state index is 11.6. The molecule has 0 radical (unpaired) electrons. The molecule has 4 heteroatoms. The highest BCUT2D eigenvalue weighted by Crippen LogP contribution is 2.20. The first-order valence-corrected chi connectivity index (χ1v) is 7.80. The van der Waals surface area contributed by atoms with Crippen LogP contribution in [0.3, 0.4) is 0 Å². The van der Waals surface area contributed by atoms with Crippen molar-refractivity contribution < 1.29 is 14.3 Å². The van der Waals surface area contributed by atoms with E-state index in [1.54, 1.807) is 0 Å². The fourth-order valence-corrected chi connectivity index (χ4v) is 1.85. The highest BCUT2D eigenvalue weighted by atomic mass is 16.6. The van der Waals surface area contributed by atoms with Crippen molar-refractivity contribution >= 4 is 11.7 Å². The van der Waals surface area contributed by atoms with Crippen molar-refractivity contribution in [3.63, 3.8) is 0 Å². The summed E-state index contributed by atoms with van der Waals surface area (Å²) in [4.78, 5) is 11.6. The molecule has 0 heterocycles. The smallest absolute Gasteiger partial charge is 0.306 e. The Hall–Kier alpha value is -1.71. The van der Waals surface area contributed by atoms with E-state index in [1.165, 1.54) is 0 Å². The molecular formula is C18H29NO3. The van der Waals surface area contributed by atoms with E-state index in [1.807, 2.05) is 65.8 Å². The van der Waals surface area contributed by atoms with Gasteiger partial charge in [-0.25, -0.2) is 0 Å². The molecule has 0 aliphatic carbocycles. The Kier molecular flexibility index (Phi) is 6.27. The second-order valence-electron chi connectivity index (χ2n) is 7.36. The molecule has 0 saturated carbocycles. The normalized spacial score (nSPS) is 11.9. The Labute approximate surface area is 134 Å². The van der Waals surface area contributed by atoms with Crippen LogP contribution in [0.15, 0.2) is 24.3 Å². The van der Waals surface area contributed by atoms with Crippen molar-refractivity contribution in [3.05, 3.63) is 24.3 Å². The van der Waals surface area contributed by atoms with Crippen LogP contribution in [0.5, 0.6) is 5.75 Å². The molecule has 0 amide bonds. The molecule has 1 N–H and O–H groups in total. The van der Waals surface area contributed by atoms with E-state index in [9.17, 15) is 4.79 Å². The molecule has 4 nitrogen and oxygen atoms in total. The number of nitrogens with one attached hydrogen (secondary N) is 1. The standard InChI is InChI=1S/C18H29NO3/c1-17(2,3)21-15-11-9-14(10-12-15)19-13-7-8-16(20)22-18(4,5)6/h9-12,19H,7-8,13H2,1-6H3. The van der Waals surface area contributed by atoms with Gasteiger partial charge in [0.2, 0.25) is 0 Å². The Morgan fingerprint density at radius 2 is 1.59 bits per heavy atom. The summed E-state index contributed by atoms with van der Waals surface area (Å²) in [5.74, 6) is 0.704. The third kappa shape index (κ3) is 8.55. The van der Waals surface area contributed by atoms with Gasteiger partial charge >= 0.3 is 5.97 Å². The Morgan fingerprint density at radius 3 is 2.09 bits per heavy atom. The average Bonchev–Trinajstić information content (AvgIpc) is 2.32. The molecule has 0 saturated heterocycles. The van der Waals surface area contributed by atoms with Gasteiger partial charge < -0.3 is 14.8 Å². The van der Waals surface area contributed by atoms with Gasteiger partial charge in [0.05, 0.1) is 0 Å². The average molecular weight is 307 g/mol. The van der Waals surface area contributed by atoms with E-state index in [-0.39, 0.29) is 11.6 Å². The molecule has 0 aromatic heterocycles. The summed E-state index contributed by atoms with van der Waals surface area (Å²) in [5.41, 5.74) is 0.418. The second-order valence-corrected chi connectivity index (χ2v) is 7.36. The number of hydrogen-bond acceptors (Lipinski definition) is 4. The lowest BCUT2D eigenvalue weighted by atomic mass is 10.2. The molecule has 1 aromatic carbocycles. The van der Waals surface area contributed by atoms with Crippen molar-refractivity contribution in [2.45, 2.75) is 65.6 Å². The van der Waals surface area contributed by atoms with E-state index in [0.717, 1.165) is 24.4 Å². The SMILES string of the molecule is CC(C)(C)OC(=O)CCCNc1ccc(OC(C)(C)C)cc1. The van der Waals surface area contributed by atoms with Crippen LogP contribution < -0.4 is 10.1 Å². The molecule has 0 unspecified atom stereocenters. The summed E-state index contributed by atoms with van der Waals surface area (Å²) >= 11 is 0. The molecule has 0 aliphatic rings. The van der Waals surface area contributed by atoms with Crippen molar-refractivity contribution in [2.24, 2.45) is 0 Å². The molecule has 0 aliphatic heterocycles. The lowest BCUT2D eigenvalue weighted by Gasteiger charge is -2.21. The molecular weight excluding hydrogens is 278 g/mol. The summed E-state index contributed by atoms with van der Waals surface area (Å²) < 4.78 is 11.0. The van der Waals surface area contributed by atoms with Gasteiger partial charge in [-0.05, 0) is 72.2 Å². The van der Waals surface area contributed by atoms with Gasteiger partial charge in [-0.2, -0.15) is 0 Å². The minimum absolute atomic E-state index is 0.150. The number of anilines is 1. The van der Waals surface area contributed by atoms with E-state index in [2.05, 4.69) is 5.32 Å². The Morgan fingerprint density at radius 1 is 1.00 bits per heavy atom. The quantitative estimate of drug-likeness (QED) is 0.625. The first kappa shape index (κ1) is 18.3. The second kappa shape index (κ2) is 7.52. The minimum atomic E-state index is -0.409. The van der Waals surface area contributed by atoms with Gasteiger partial charge in [-0.3, -0.25) is 4.79 Å². The van der Waals surface area contributed by atoms with E-state index in [4.69, 9.17) is 9.47 Å². The molecule has 124 valence electrons. The van der Waals surface area contributed by atoms with Gasteiger partial charge in [0.25, 0.3) is 0 Å². The Balaban J connectivity index is 2.30. The molecule has 0 fully saturated rings. The van der Waals surface area contributed by atoms with Crippen LogP contribution in [-0.4, -0.2) is 23.7 Å². The molecule has 0 spiro atoms. The number of rotatable bonds is 6. The summed E-state index contributed by atoms with van der Waals surface area (Å²) in [6.45, 7) is 12.4. The maximum Gasteiger partial charge on any atom is 0.306 e. The van der Waals surface area contributed by atoms with Crippen LogP contribution >= 0.6 is 0 Å². The zero-order valence-electron chi connectivity index (χ0n) is 14.7. The van der Waals surface area contributed by atoms with Crippen molar-refractivity contribution in [1.82, 2.24) is 0 Å². The molecule has 22 heavy (non-hydrogen) atoms. The third-order valence-electron chi connectivity index (χ3n) is 2.59. The third-order valence-corrected chi connectivity index (χ3v) is 2.59. The van der Waals surface area contributed by atoms with Gasteiger partial charge in [-0.15, -0.1) is 0 Å². The molecule has 1 rings (SSSR count). The van der Waals surface area contributed by atoms with Gasteiger partial charge in [-0.1, -0.05) is 0 Å². The Bertz CT molecular complexity index is 467. The number of carbonyl (C=O) groups is 1. The summed E-state index contributed by atoms with van der Waals surface area (Å²) in [6.07, 6.45) is 1.17. The molecule has 0 atom stereocenters. The number of ether oxygens (including phenoxy) is 2. The van der Waals surface area contributed by atoms with Crippen LogP contribution in [0.4, 0.5) is 5.69 Å².